The molecule has 0 aromatic carbocycles. The van der Waals surface area contributed by atoms with Crippen molar-refractivity contribution in [3.05, 3.63) is 0 Å². The van der Waals surface area contributed by atoms with Crippen LogP contribution in [0.4, 0.5) is 4.79 Å². The Morgan fingerprint density at radius 2 is 0.938 bits per heavy atom. The van der Waals surface area contributed by atoms with Crippen LogP contribution in [0.2, 0.25) is 0 Å². The van der Waals surface area contributed by atoms with Gasteiger partial charge in [0.25, 0.3) is 0 Å². The lowest BCUT2D eigenvalue weighted by Gasteiger charge is -2.20. The molecule has 0 spiro atoms. The lowest BCUT2D eigenvalue weighted by molar-refractivity contribution is -0.150. The molecule has 2 unspecified atom stereocenters. The summed E-state index contributed by atoms with van der Waals surface area (Å²) in [5.74, 6) is -0.224. The maximum Gasteiger partial charge on any atom is 0.407 e. The van der Waals surface area contributed by atoms with Gasteiger partial charge in [0, 0.05) is 19.4 Å². The summed E-state index contributed by atoms with van der Waals surface area (Å²) in [5.41, 5.74) is 4.88. The highest BCUT2D eigenvalue weighted by molar-refractivity contribution is 5.70. The number of esters is 2. The van der Waals surface area contributed by atoms with Crippen LogP contribution >= 0.6 is 0 Å². The SMILES string of the molecule is CCCCCCCC(CCC)OC(=O)CCCN.CCCCCCCCC(CCCCCCC)OC(=O)CCCNC(=O)OC(C)(C)C. The van der Waals surface area contributed by atoms with Crippen molar-refractivity contribution in [3.63, 3.8) is 0 Å². The van der Waals surface area contributed by atoms with Gasteiger partial charge in [0.1, 0.15) is 17.8 Å². The van der Waals surface area contributed by atoms with E-state index in [1.54, 1.807) is 0 Å². The van der Waals surface area contributed by atoms with E-state index in [0.717, 1.165) is 51.4 Å². The Kier molecular flexibility index (Phi) is 35.2. The van der Waals surface area contributed by atoms with Crippen LogP contribution in [0.25, 0.3) is 0 Å². The van der Waals surface area contributed by atoms with Crippen LogP contribution in [0.15, 0.2) is 0 Å². The van der Waals surface area contributed by atoms with Gasteiger partial charge in [-0.1, -0.05) is 118 Å². The van der Waals surface area contributed by atoms with Gasteiger partial charge in [-0.25, -0.2) is 4.79 Å². The summed E-state index contributed by atoms with van der Waals surface area (Å²) < 4.78 is 16.5. The number of carbonyl (C=O) groups is 3. The number of alkyl carbamates (subject to hydrolysis) is 1. The Labute approximate surface area is 297 Å². The average molecular weight is 685 g/mol. The van der Waals surface area contributed by atoms with Crippen molar-refractivity contribution in [3.8, 4) is 0 Å². The molecular formula is C40H80N2O6. The third-order valence-corrected chi connectivity index (χ3v) is 8.16. The first-order valence-corrected chi connectivity index (χ1v) is 20.1. The van der Waals surface area contributed by atoms with Gasteiger partial charge in [-0.2, -0.15) is 0 Å². The molecule has 0 aliphatic heterocycles. The summed E-state index contributed by atoms with van der Waals surface area (Å²) in [4.78, 5) is 35.5. The molecule has 286 valence electrons. The second kappa shape index (κ2) is 35.0. The number of carbonyl (C=O) groups excluding carboxylic acids is 3. The van der Waals surface area contributed by atoms with Gasteiger partial charge in [-0.05, 0) is 85.1 Å². The number of ether oxygens (including phenoxy) is 3. The Bertz CT molecular complexity index is 740. The Hall–Kier alpha value is -1.83. The fourth-order valence-corrected chi connectivity index (χ4v) is 5.42. The second-order valence-corrected chi connectivity index (χ2v) is 14.4. The summed E-state index contributed by atoms with van der Waals surface area (Å²) in [5, 5.41) is 2.69. The Morgan fingerprint density at radius 3 is 1.33 bits per heavy atom. The van der Waals surface area contributed by atoms with Gasteiger partial charge < -0.3 is 25.3 Å². The van der Waals surface area contributed by atoms with E-state index in [9.17, 15) is 14.4 Å². The van der Waals surface area contributed by atoms with E-state index in [-0.39, 0.29) is 24.1 Å². The second-order valence-electron chi connectivity index (χ2n) is 14.4. The molecule has 0 rings (SSSR count). The summed E-state index contributed by atoms with van der Waals surface area (Å²) in [7, 11) is 0. The zero-order valence-corrected chi connectivity index (χ0v) is 32.8. The molecule has 48 heavy (non-hydrogen) atoms. The van der Waals surface area contributed by atoms with Gasteiger partial charge >= 0.3 is 18.0 Å². The molecule has 0 saturated carbocycles. The molecule has 8 heteroatoms. The summed E-state index contributed by atoms with van der Waals surface area (Å²) in [6, 6.07) is 0. The molecule has 0 fully saturated rings. The van der Waals surface area contributed by atoms with Crippen molar-refractivity contribution in [2.24, 2.45) is 5.73 Å². The number of rotatable bonds is 30. The first-order chi connectivity index (χ1) is 23.0. The van der Waals surface area contributed by atoms with E-state index < -0.39 is 11.7 Å². The van der Waals surface area contributed by atoms with Gasteiger partial charge in [-0.15, -0.1) is 0 Å². The standard InChI is InChI=1S/C25H49NO4.C15H31NO2/c1-6-8-10-12-14-16-19-22(18-15-13-11-9-7-2)29-23(27)20-17-21-26-24(28)30-25(3,4)5;1-3-5-6-7-8-11-14(10-4-2)18-15(17)12-9-13-16/h22H,6-21H2,1-5H3,(H,26,28);14H,3-13,16H2,1-2H3. The van der Waals surface area contributed by atoms with Gasteiger partial charge in [0.15, 0.2) is 0 Å². The van der Waals surface area contributed by atoms with E-state index >= 15 is 0 Å². The maximum atomic E-state index is 12.3. The summed E-state index contributed by atoms with van der Waals surface area (Å²) >= 11 is 0. The van der Waals surface area contributed by atoms with Crippen LogP contribution in [0, 0.1) is 0 Å². The fraction of sp³-hybridized carbons (Fsp3) is 0.925. The van der Waals surface area contributed by atoms with Crippen molar-refractivity contribution in [1.29, 1.82) is 0 Å². The van der Waals surface area contributed by atoms with Crippen LogP contribution in [-0.4, -0.2) is 48.9 Å². The molecule has 8 nitrogen and oxygen atoms in total. The summed E-state index contributed by atoms with van der Waals surface area (Å²) in [6.45, 7) is 15.3. The minimum absolute atomic E-state index is 0.0455. The molecule has 0 radical (unpaired) electrons. The van der Waals surface area contributed by atoms with E-state index in [0.29, 0.717) is 32.4 Å². The van der Waals surface area contributed by atoms with Crippen LogP contribution in [0.3, 0.4) is 0 Å². The zero-order valence-electron chi connectivity index (χ0n) is 32.8. The Balaban J connectivity index is 0. The van der Waals surface area contributed by atoms with Gasteiger partial charge in [-0.3, -0.25) is 9.59 Å². The zero-order chi connectivity index (χ0) is 36.3. The normalized spacial score (nSPS) is 12.4. The number of nitrogens with two attached hydrogens (primary N) is 1. The highest BCUT2D eigenvalue weighted by Gasteiger charge is 2.17. The van der Waals surface area contributed by atoms with Crippen LogP contribution in [-0.2, 0) is 23.8 Å². The topological polar surface area (TPSA) is 117 Å². The molecular weight excluding hydrogens is 604 g/mol. The van der Waals surface area contributed by atoms with Crippen molar-refractivity contribution >= 4 is 18.0 Å². The monoisotopic (exact) mass is 685 g/mol. The molecule has 3 N–H and O–H groups in total. The predicted molar refractivity (Wildman–Crippen MR) is 201 cm³/mol. The van der Waals surface area contributed by atoms with Crippen molar-refractivity contribution in [1.82, 2.24) is 5.32 Å². The Morgan fingerprint density at radius 1 is 0.542 bits per heavy atom. The van der Waals surface area contributed by atoms with Crippen LogP contribution in [0.5, 0.6) is 0 Å². The maximum absolute atomic E-state index is 12.3. The molecule has 0 heterocycles. The largest absolute Gasteiger partial charge is 0.462 e. The third kappa shape index (κ3) is 37.0. The van der Waals surface area contributed by atoms with Crippen LogP contribution < -0.4 is 11.1 Å². The minimum atomic E-state index is -0.510. The van der Waals surface area contributed by atoms with Crippen molar-refractivity contribution in [2.75, 3.05) is 13.1 Å². The molecule has 2 atom stereocenters. The number of nitrogens with one attached hydrogen (secondary N) is 1. The van der Waals surface area contributed by atoms with Crippen molar-refractivity contribution < 1.29 is 28.6 Å². The fourth-order valence-electron chi connectivity index (χ4n) is 5.42. The molecule has 0 aromatic rings. The number of hydrogen-bond donors (Lipinski definition) is 2. The number of unbranched alkanes of at least 4 members (excludes halogenated alkanes) is 13. The molecule has 1 amide bonds. The number of amides is 1. The molecule has 0 saturated heterocycles. The van der Waals surface area contributed by atoms with E-state index in [1.165, 1.54) is 89.9 Å². The molecule has 0 aromatic heterocycles. The van der Waals surface area contributed by atoms with E-state index in [1.807, 2.05) is 20.8 Å². The van der Waals surface area contributed by atoms with E-state index in [2.05, 4.69) is 33.0 Å². The smallest absolute Gasteiger partial charge is 0.407 e. The van der Waals surface area contributed by atoms with Crippen molar-refractivity contribution in [2.45, 2.75) is 227 Å². The lowest BCUT2D eigenvalue weighted by atomic mass is 10.0. The minimum Gasteiger partial charge on any atom is -0.462 e. The quantitative estimate of drug-likeness (QED) is 0.0439. The first-order valence-electron chi connectivity index (χ1n) is 20.1. The van der Waals surface area contributed by atoms with E-state index in [4.69, 9.17) is 19.9 Å². The highest BCUT2D eigenvalue weighted by atomic mass is 16.6. The molecule has 0 aliphatic rings. The predicted octanol–water partition coefficient (Wildman–Crippen LogP) is 11.1. The van der Waals surface area contributed by atoms with Gasteiger partial charge in [0.2, 0.25) is 0 Å². The molecule has 0 aliphatic carbocycles. The molecule has 0 bridgehead atoms. The highest BCUT2D eigenvalue weighted by Crippen LogP contribution is 2.18. The summed E-state index contributed by atoms with van der Waals surface area (Å²) in [6.07, 6.45) is 26.9. The average Bonchev–Trinajstić information content (AvgIpc) is 3.03. The van der Waals surface area contributed by atoms with Crippen LogP contribution in [0.1, 0.15) is 209 Å². The van der Waals surface area contributed by atoms with Gasteiger partial charge in [0.05, 0.1) is 0 Å². The third-order valence-electron chi connectivity index (χ3n) is 8.16. The first kappa shape index (κ1) is 48.3. The number of hydrogen-bond acceptors (Lipinski definition) is 7. The lowest BCUT2D eigenvalue weighted by Crippen LogP contribution is -2.33.